The summed E-state index contributed by atoms with van der Waals surface area (Å²) in [6, 6.07) is 18.6. The normalized spacial score (nSPS) is 13.4. The van der Waals surface area contributed by atoms with E-state index in [1.54, 1.807) is 36.8 Å². The predicted molar refractivity (Wildman–Crippen MR) is 173 cm³/mol. The number of hydrogen-bond donors (Lipinski definition) is 1. The van der Waals surface area contributed by atoms with Gasteiger partial charge < -0.3 is 14.8 Å². The summed E-state index contributed by atoms with van der Waals surface area (Å²) in [5.41, 5.74) is 4.20. The second kappa shape index (κ2) is 13.9. The maximum Gasteiger partial charge on any atom is 0.259 e. The van der Waals surface area contributed by atoms with E-state index in [2.05, 4.69) is 21.2 Å². The number of thiophene rings is 1. The van der Waals surface area contributed by atoms with Crippen LogP contribution in [0.25, 0.3) is 0 Å². The average molecular weight is 672 g/mol. The molecule has 0 unspecified atom stereocenters. The molecular weight excluding hydrogens is 643 g/mol. The van der Waals surface area contributed by atoms with Gasteiger partial charge in [-0.15, -0.1) is 11.3 Å². The monoisotopic (exact) mass is 670 g/mol. The Bertz CT molecular complexity index is 1570. The summed E-state index contributed by atoms with van der Waals surface area (Å²) in [5, 5.41) is 4.90. The van der Waals surface area contributed by atoms with Crippen molar-refractivity contribution in [2.24, 2.45) is 4.99 Å². The molecule has 212 valence electrons. The van der Waals surface area contributed by atoms with Gasteiger partial charge in [-0.2, -0.15) is 0 Å². The van der Waals surface area contributed by atoms with Crippen LogP contribution < -0.4 is 14.8 Å². The first-order valence-corrected chi connectivity index (χ1v) is 15.8. The fourth-order valence-electron chi connectivity index (χ4n) is 4.82. The molecule has 9 heteroatoms. The van der Waals surface area contributed by atoms with Crippen molar-refractivity contribution in [1.29, 1.82) is 0 Å². The van der Waals surface area contributed by atoms with Gasteiger partial charge in [-0.1, -0.05) is 60.3 Å². The molecule has 5 rings (SSSR count). The van der Waals surface area contributed by atoms with Gasteiger partial charge in [0.1, 0.15) is 11.6 Å². The lowest BCUT2D eigenvalue weighted by Crippen LogP contribution is -2.14. The molecular formula is C32H29BrCl2N2O3S. The Kier molecular flexibility index (Phi) is 10.0. The molecule has 1 aromatic heterocycles. The number of carbonyl (C=O) groups excluding carboxylic acids is 1. The summed E-state index contributed by atoms with van der Waals surface area (Å²) < 4.78 is 12.4. The molecule has 0 saturated heterocycles. The van der Waals surface area contributed by atoms with Crippen LogP contribution in [0.15, 0.2) is 70.1 Å². The molecule has 1 heterocycles. The van der Waals surface area contributed by atoms with Crippen LogP contribution in [-0.4, -0.2) is 19.2 Å². The lowest BCUT2D eigenvalue weighted by Gasteiger charge is -2.14. The first-order chi connectivity index (χ1) is 19.9. The van der Waals surface area contributed by atoms with Crippen molar-refractivity contribution < 1.29 is 14.3 Å². The van der Waals surface area contributed by atoms with Crippen molar-refractivity contribution in [3.05, 3.63) is 102 Å². The molecule has 1 aliphatic rings. The standard InChI is InChI=1S/C32H29BrCl2N2O3S/c1-39-27-16-20(15-25(33)30(27)40-19-21-13-14-22(34)17-26(21)35)18-36-32-29(31(38)37-23-9-5-4-6-10-23)24-11-7-2-3-8-12-28(24)41-32/h4-6,9-10,13-18H,2-3,7-8,11-12,19H2,1H3,(H,37,38). The Balaban J connectivity index is 1.43. The van der Waals surface area contributed by atoms with Crippen LogP contribution in [0.5, 0.6) is 11.5 Å². The van der Waals surface area contributed by atoms with Crippen LogP contribution in [0.3, 0.4) is 0 Å². The SMILES string of the molecule is COc1cc(C=Nc2sc3c(c2C(=O)Nc2ccccc2)CCCCCC3)cc(Br)c1OCc1ccc(Cl)cc1Cl. The summed E-state index contributed by atoms with van der Waals surface area (Å²) in [6.07, 6.45) is 8.24. The molecule has 0 fully saturated rings. The van der Waals surface area contributed by atoms with Gasteiger partial charge in [0.05, 0.1) is 17.1 Å². The number of halogens is 3. The van der Waals surface area contributed by atoms with E-state index < -0.39 is 0 Å². The smallest absolute Gasteiger partial charge is 0.259 e. The molecule has 0 saturated carbocycles. The highest BCUT2D eigenvalue weighted by Crippen LogP contribution is 2.41. The van der Waals surface area contributed by atoms with E-state index >= 15 is 0 Å². The van der Waals surface area contributed by atoms with Gasteiger partial charge >= 0.3 is 0 Å². The van der Waals surface area contributed by atoms with Gasteiger partial charge in [-0.05, 0) is 89.1 Å². The van der Waals surface area contributed by atoms with Crippen molar-refractivity contribution in [3.8, 4) is 11.5 Å². The number of anilines is 1. The number of amides is 1. The molecule has 41 heavy (non-hydrogen) atoms. The van der Waals surface area contributed by atoms with E-state index in [-0.39, 0.29) is 12.5 Å². The zero-order valence-corrected chi connectivity index (χ0v) is 26.4. The van der Waals surface area contributed by atoms with Crippen LogP contribution in [0, 0.1) is 0 Å². The number of benzene rings is 3. The fourth-order valence-corrected chi connectivity index (χ4v) is 7.09. The lowest BCUT2D eigenvalue weighted by atomic mass is 9.96. The number of nitrogens with zero attached hydrogens (tertiary/aromatic N) is 1. The van der Waals surface area contributed by atoms with Crippen molar-refractivity contribution in [2.75, 3.05) is 12.4 Å². The van der Waals surface area contributed by atoms with Gasteiger partial charge in [-0.25, -0.2) is 4.99 Å². The minimum absolute atomic E-state index is 0.121. The molecule has 4 aromatic rings. The largest absolute Gasteiger partial charge is 0.493 e. The molecule has 0 bridgehead atoms. The molecule has 1 aliphatic carbocycles. The van der Waals surface area contributed by atoms with Crippen LogP contribution in [0.4, 0.5) is 10.7 Å². The minimum Gasteiger partial charge on any atom is -0.493 e. The van der Waals surface area contributed by atoms with Crippen molar-refractivity contribution in [1.82, 2.24) is 0 Å². The van der Waals surface area contributed by atoms with Gasteiger partial charge in [-0.3, -0.25) is 4.79 Å². The molecule has 3 aromatic carbocycles. The number of methoxy groups -OCH3 is 1. The Morgan fingerprint density at radius 3 is 2.59 bits per heavy atom. The van der Waals surface area contributed by atoms with Crippen LogP contribution in [-0.2, 0) is 19.4 Å². The number of nitrogens with one attached hydrogen (secondary N) is 1. The van der Waals surface area contributed by atoms with Gasteiger partial charge in [0.2, 0.25) is 0 Å². The summed E-state index contributed by atoms with van der Waals surface area (Å²) in [4.78, 5) is 19.7. The number of carbonyl (C=O) groups is 1. The average Bonchev–Trinajstić information content (AvgIpc) is 3.28. The molecule has 0 atom stereocenters. The van der Waals surface area contributed by atoms with Crippen LogP contribution >= 0.6 is 50.5 Å². The lowest BCUT2D eigenvalue weighted by molar-refractivity contribution is 0.102. The number of aliphatic imine (C=N–C) groups is 1. The number of hydrogen-bond acceptors (Lipinski definition) is 5. The summed E-state index contributed by atoms with van der Waals surface area (Å²) in [7, 11) is 1.59. The van der Waals surface area contributed by atoms with Gasteiger partial charge in [0, 0.05) is 32.4 Å². The van der Waals surface area contributed by atoms with Gasteiger partial charge in [0.25, 0.3) is 5.91 Å². The summed E-state index contributed by atoms with van der Waals surface area (Å²) >= 11 is 17.6. The van der Waals surface area contributed by atoms with E-state index in [9.17, 15) is 4.79 Å². The highest BCUT2D eigenvalue weighted by atomic mass is 79.9. The molecule has 1 N–H and O–H groups in total. The van der Waals surface area contributed by atoms with Gasteiger partial charge in [0.15, 0.2) is 11.5 Å². The van der Waals surface area contributed by atoms with E-state index in [0.29, 0.717) is 31.6 Å². The highest BCUT2D eigenvalue weighted by molar-refractivity contribution is 9.10. The Hall–Kier alpha value is -2.84. The maximum absolute atomic E-state index is 13.6. The molecule has 0 spiro atoms. The van der Waals surface area contributed by atoms with Crippen molar-refractivity contribution >= 4 is 73.3 Å². The Morgan fingerprint density at radius 1 is 1.05 bits per heavy atom. The molecule has 0 aliphatic heterocycles. The number of para-hydroxylation sites is 1. The second-order valence-corrected chi connectivity index (χ2v) is 12.5. The first kappa shape index (κ1) is 29.6. The van der Waals surface area contributed by atoms with E-state index in [1.807, 2.05) is 48.5 Å². The number of rotatable bonds is 8. The Labute approximate surface area is 262 Å². The van der Waals surface area contributed by atoms with E-state index in [1.165, 1.54) is 17.7 Å². The van der Waals surface area contributed by atoms with Crippen molar-refractivity contribution in [2.45, 2.75) is 45.1 Å². The summed E-state index contributed by atoms with van der Waals surface area (Å²) in [6.45, 7) is 0.249. The highest BCUT2D eigenvalue weighted by Gasteiger charge is 2.24. The third-order valence-corrected chi connectivity index (χ3v) is 9.26. The third kappa shape index (κ3) is 7.33. The quantitative estimate of drug-likeness (QED) is 0.190. The molecule has 5 nitrogen and oxygen atoms in total. The number of ether oxygens (including phenoxy) is 2. The molecule has 1 amide bonds. The fraction of sp³-hybridized carbons (Fsp3) is 0.250. The number of fused-ring (bicyclic) bond motifs is 1. The zero-order chi connectivity index (χ0) is 28.8. The van der Waals surface area contributed by atoms with Crippen LogP contribution in [0.1, 0.15) is 57.6 Å². The molecule has 0 radical (unpaired) electrons. The van der Waals surface area contributed by atoms with Crippen molar-refractivity contribution in [3.63, 3.8) is 0 Å². The number of aryl methyl sites for hydroxylation is 1. The van der Waals surface area contributed by atoms with Crippen LogP contribution in [0.2, 0.25) is 10.0 Å². The first-order valence-electron chi connectivity index (χ1n) is 13.4. The summed E-state index contributed by atoms with van der Waals surface area (Å²) in [5.74, 6) is 0.980. The minimum atomic E-state index is -0.121. The maximum atomic E-state index is 13.6. The van der Waals surface area contributed by atoms with E-state index in [0.717, 1.165) is 53.1 Å². The van der Waals surface area contributed by atoms with E-state index in [4.69, 9.17) is 37.7 Å². The Morgan fingerprint density at radius 2 is 1.83 bits per heavy atom. The third-order valence-electron chi connectivity index (χ3n) is 6.88. The zero-order valence-electron chi connectivity index (χ0n) is 22.5. The topological polar surface area (TPSA) is 59.9 Å². The second-order valence-electron chi connectivity index (χ2n) is 9.74. The predicted octanol–water partition coefficient (Wildman–Crippen LogP) is 10.1.